The summed E-state index contributed by atoms with van der Waals surface area (Å²) in [5, 5.41) is 25.6. The molecule has 1 N–H and O–H groups in total. The van der Waals surface area contributed by atoms with E-state index in [1.807, 2.05) is 23.6 Å². The topological polar surface area (TPSA) is 122 Å². The summed E-state index contributed by atoms with van der Waals surface area (Å²) in [4.78, 5) is 38.0. The first kappa shape index (κ1) is 21.0. The van der Waals surface area contributed by atoms with Crippen LogP contribution >= 0.6 is 0 Å². The number of para-hydroxylation sites is 2. The van der Waals surface area contributed by atoms with Gasteiger partial charge >= 0.3 is 0 Å². The standard InChI is InChI=1S/C20H23N5O5/c1-14(2)21-20(26)15-7-8-17(19(13-15)25(29)30)23-11-9-22(10-12-23)16-5-3-4-6-18(16)24(27)28/h3-8,13-14H,9-12H2,1-2H3,(H,21,26). The summed E-state index contributed by atoms with van der Waals surface area (Å²) in [6.07, 6.45) is 0. The minimum absolute atomic E-state index is 0.0393. The van der Waals surface area contributed by atoms with Gasteiger partial charge in [0.25, 0.3) is 17.3 Å². The number of carbonyl (C=O) groups excluding carboxylic acids is 1. The van der Waals surface area contributed by atoms with Crippen LogP contribution in [0.3, 0.4) is 0 Å². The van der Waals surface area contributed by atoms with Crippen LogP contribution in [0.5, 0.6) is 0 Å². The number of nitrogens with one attached hydrogen (secondary N) is 1. The fourth-order valence-corrected chi connectivity index (χ4v) is 3.50. The fourth-order valence-electron chi connectivity index (χ4n) is 3.50. The Labute approximate surface area is 173 Å². The number of hydrogen-bond donors (Lipinski definition) is 1. The molecule has 1 aliphatic heterocycles. The first-order valence-corrected chi connectivity index (χ1v) is 9.60. The second kappa shape index (κ2) is 8.76. The maximum absolute atomic E-state index is 12.2. The highest BCUT2D eigenvalue weighted by Gasteiger charge is 2.27. The molecule has 1 fully saturated rings. The molecule has 30 heavy (non-hydrogen) atoms. The lowest BCUT2D eigenvalue weighted by Gasteiger charge is -2.36. The van der Waals surface area contributed by atoms with E-state index >= 15 is 0 Å². The Morgan fingerprint density at radius 3 is 1.97 bits per heavy atom. The molecule has 0 radical (unpaired) electrons. The number of piperazine rings is 1. The molecule has 0 bridgehead atoms. The van der Waals surface area contributed by atoms with Crippen molar-refractivity contribution in [1.29, 1.82) is 0 Å². The third-order valence-electron chi connectivity index (χ3n) is 4.89. The lowest BCUT2D eigenvalue weighted by atomic mass is 10.1. The van der Waals surface area contributed by atoms with Crippen molar-refractivity contribution in [2.45, 2.75) is 19.9 Å². The number of amides is 1. The second-order valence-corrected chi connectivity index (χ2v) is 7.31. The second-order valence-electron chi connectivity index (χ2n) is 7.31. The number of anilines is 2. The van der Waals surface area contributed by atoms with E-state index in [0.717, 1.165) is 0 Å². The maximum atomic E-state index is 12.2. The minimum atomic E-state index is -0.490. The van der Waals surface area contributed by atoms with E-state index in [1.54, 1.807) is 30.3 Å². The average molecular weight is 413 g/mol. The van der Waals surface area contributed by atoms with Crippen molar-refractivity contribution < 1.29 is 14.6 Å². The fraction of sp³-hybridized carbons (Fsp3) is 0.350. The van der Waals surface area contributed by atoms with E-state index in [-0.39, 0.29) is 28.9 Å². The van der Waals surface area contributed by atoms with Crippen molar-refractivity contribution >= 4 is 28.7 Å². The predicted molar refractivity (Wildman–Crippen MR) is 113 cm³/mol. The van der Waals surface area contributed by atoms with E-state index in [9.17, 15) is 25.0 Å². The zero-order chi connectivity index (χ0) is 21.8. The molecule has 0 aromatic heterocycles. The normalized spacial score (nSPS) is 14.0. The van der Waals surface area contributed by atoms with Gasteiger partial charge in [-0.25, -0.2) is 0 Å². The van der Waals surface area contributed by atoms with Crippen molar-refractivity contribution in [1.82, 2.24) is 5.32 Å². The van der Waals surface area contributed by atoms with E-state index in [0.29, 0.717) is 37.6 Å². The van der Waals surface area contributed by atoms with Crippen LogP contribution < -0.4 is 15.1 Å². The molecular weight excluding hydrogens is 390 g/mol. The third-order valence-corrected chi connectivity index (χ3v) is 4.89. The number of nitrogens with zero attached hydrogens (tertiary/aromatic N) is 4. The molecule has 0 saturated carbocycles. The summed E-state index contributed by atoms with van der Waals surface area (Å²) < 4.78 is 0. The highest BCUT2D eigenvalue weighted by atomic mass is 16.6. The number of nitro groups is 2. The number of nitro benzene ring substituents is 2. The summed E-state index contributed by atoms with van der Waals surface area (Å²) in [7, 11) is 0. The molecule has 1 heterocycles. The average Bonchev–Trinajstić information content (AvgIpc) is 2.73. The predicted octanol–water partition coefficient (Wildman–Crippen LogP) is 2.97. The molecule has 0 spiro atoms. The van der Waals surface area contributed by atoms with Gasteiger partial charge in [-0.05, 0) is 32.0 Å². The van der Waals surface area contributed by atoms with Gasteiger partial charge < -0.3 is 15.1 Å². The van der Waals surface area contributed by atoms with Gasteiger partial charge in [-0.1, -0.05) is 12.1 Å². The Bertz CT molecular complexity index is 970. The summed E-state index contributed by atoms with van der Waals surface area (Å²) in [5.41, 5.74) is 1.11. The quantitative estimate of drug-likeness (QED) is 0.571. The van der Waals surface area contributed by atoms with Crippen molar-refractivity contribution in [3.63, 3.8) is 0 Å². The molecule has 1 aliphatic rings. The first-order valence-electron chi connectivity index (χ1n) is 9.60. The van der Waals surface area contributed by atoms with Crippen LogP contribution in [-0.4, -0.2) is 48.0 Å². The minimum Gasteiger partial charge on any atom is -0.362 e. The van der Waals surface area contributed by atoms with Crippen molar-refractivity contribution in [2.75, 3.05) is 36.0 Å². The van der Waals surface area contributed by atoms with Gasteiger partial charge in [0.15, 0.2) is 0 Å². The summed E-state index contributed by atoms with van der Waals surface area (Å²) >= 11 is 0. The Morgan fingerprint density at radius 1 is 0.900 bits per heavy atom. The third kappa shape index (κ3) is 4.48. The van der Waals surface area contributed by atoms with Crippen LogP contribution in [-0.2, 0) is 0 Å². The summed E-state index contributed by atoms with van der Waals surface area (Å²) in [5.74, 6) is -0.360. The number of carbonyl (C=O) groups is 1. The molecular formula is C20H23N5O5. The molecule has 2 aromatic rings. The summed E-state index contributed by atoms with van der Waals surface area (Å²) in [6.45, 7) is 5.53. The molecule has 0 atom stereocenters. The van der Waals surface area contributed by atoms with E-state index in [2.05, 4.69) is 5.32 Å². The highest BCUT2D eigenvalue weighted by Crippen LogP contribution is 2.33. The van der Waals surface area contributed by atoms with Gasteiger partial charge in [0.2, 0.25) is 0 Å². The van der Waals surface area contributed by atoms with Crippen LogP contribution in [0.4, 0.5) is 22.7 Å². The smallest absolute Gasteiger partial charge is 0.293 e. The van der Waals surface area contributed by atoms with E-state index < -0.39 is 9.85 Å². The molecule has 10 heteroatoms. The molecule has 1 amide bonds. The van der Waals surface area contributed by atoms with Gasteiger partial charge in [0, 0.05) is 49.9 Å². The zero-order valence-corrected chi connectivity index (χ0v) is 16.8. The monoisotopic (exact) mass is 413 g/mol. The number of rotatable bonds is 6. The number of benzene rings is 2. The molecule has 0 unspecified atom stereocenters. The molecule has 2 aromatic carbocycles. The van der Waals surface area contributed by atoms with Crippen molar-refractivity contribution in [2.24, 2.45) is 0 Å². The van der Waals surface area contributed by atoms with Crippen molar-refractivity contribution in [3.8, 4) is 0 Å². The Kier molecular flexibility index (Phi) is 6.14. The van der Waals surface area contributed by atoms with Gasteiger partial charge in [0.1, 0.15) is 11.4 Å². The lowest BCUT2D eigenvalue weighted by molar-refractivity contribution is -0.384. The largest absolute Gasteiger partial charge is 0.362 e. The highest BCUT2D eigenvalue weighted by molar-refractivity contribution is 5.96. The molecule has 0 aliphatic carbocycles. The van der Waals surface area contributed by atoms with Gasteiger partial charge in [0.05, 0.1) is 9.85 Å². The Morgan fingerprint density at radius 2 is 1.43 bits per heavy atom. The first-order chi connectivity index (χ1) is 14.3. The van der Waals surface area contributed by atoms with Gasteiger partial charge in [-0.2, -0.15) is 0 Å². The van der Waals surface area contributed by atoms with Gasteiger partial charge in [-0.15, -0.1) is 0 Å². The summed E-state index contributed by atoms with van der Waals surface area (Å²) in [6, 6.07) is 10.9. The molecule has 10 nitrogen and oxygen atoms in total. The van der Waals surface area contributed by atoms with Crippen LogP contribution in [0.2, 0.25) is 0 Å². The number of hydrogen-bond acceptors (Lipinski definition) is 7. The van der Waals surface area contributed by atoms with E-state index in [1.165, 1.54) is 12.1 Å². The van der Waals surface area contributed by atoms with Crippen LogP contribution in [0.25, 0.3) is 0 Å². The van der Waals surface area contributed by atoms with Crippen LogP contribution in [0, 0.1) is 20.2 Å². The maximum Gasteiger partial charge on any atom is 0.293 e. The SMILES string of the molecule is CC(C)NC(=O)c1ccc(N2CCN(c3ccccc3[N+](=O)[O-])CC2)c([N+](=O)[O-])c1. The van der Waals surface area contributed by atoms with Crippen molar-refractivity contribution in [3.05, 3.63) is 68.3 Å². The lowest BCUT2D eigenvalue weighted by Crippen LogP contribution is -2.46. The molecule has 1 saturated heterocycles. The molecule has 158 valence electrons. The van der Waals surface area contributed by atoms with Gasteiger partial charge in [-0.3, -0.25) is 25.0 Å². The zero-order valence-electron chi connectivity index (χ0n) is 16.8. The van der Waals surface area contributed by atoms with Crippen LogP contribution in [0.1, 0.15) is 24.2 Å². The van der Waals surface area contributed by atoms with E-state index in [4.69, 9.17) is 0 Å². The Balaban J connectivity index is 1.79. The Hall–Kier alpha value is -3.69. The van der Waals surface area contributed by atoms with Crippen LogP contribution in [0.15, 0.2) is 42.5 Å². The molecule has 3 rings (SSSR count).